The highest BCUT2D eigenvalue weighted by molar-refractivity contribution is 6.33. The first kappa shape index (κ1) is 21.5. The molecule has 2 fully saturated rings. The van der Waals surface area contributed by atoms with E-state index in [1.807, 2.05) is 30.3 Å². The summed E-state index contributed by atoms with van der Waals surface area (Å²) in [5, 5.41) is 9.38. The number of carbonyl (C=O) groups is 1. The highest BCUT2D eigenvalue weighted by Gasteiger charge is 2.48. The number of morpholine rings is 1. The second kappa shape index (κ2) is 8.66. The SMILES string of the molecule is N#Cc1ccc2c(c1)CC1=C2C(=O)c2ccc(OCCN3CCOCC3)cc2C12CCOCC2. The molecule has 6 rings (SSSR count). The molecular formula is C28H28N2O4. The van der Waals surface area contributed by atoms with Gasteiger partial charge in [0.05, 0.1) is 24.8 Å². The molecule has 0 bridgehead atoms. The minimum Gasteiger partial charge on any atom is -0.492 e. The van der Waals surface area contributed by atoms with Gasteiger partial charge < -0.3 is 14.2 Å². The minimum absolute atomic E-state index is 0.0884. The normalized spacial score (nSPS) is 21.1. The smallest absolute Gasteiger partial charge is 0.193 e. The lowest BCUT2D eigenvalue weighted by molar-refractivity contribution is 0.0322. The first-order valence-electron chi connectivity index (χ1n) is 12.2. The third kappa shape index (κ3) is 3.47. The number of nitrogens with zero attached hydrogens (tertiary/aromatic N) is 2. The van der Waals surface area contributed by atoms with Crippen LogP contribution in [0.3, 0.4) is 0 Å². The summed E-state index contributed by atoms with van der Waals surface area (Å²) in [6.45, 7) is 6.26. The minimum atomic E-state index is -0.230. The summed E-state index contributed by atoms with van der Waals surface area (Å²) in [6.07, 6.45) is 2.42. The van der Waals surface area contributed by atoms with Crippen molar-refractivity contribution in [3.05, 3.63) is 69.8 Å². The maximum absolute atomic E-state index is 13.8. The molecule has 2 saturated heterocycles. The Morgan fingerprint density at radius 2 is 1.76 bits per heavy atom. The van der Waals surface area contributed by atoms with Gasteiger partial charge in [-0.2, -0.15) is 5.26 Å². The highest BCUT2D eigenvalue weighted by Crippen LogP contribution is 2.54. The molecule has 0 saturated carbocycles. The van der Waals surface area contributed by atoms with Gasteiger partial charge in [0.15, 0.2) is 5.78 Å². The number of carbonyl (C=O) groups excluding carboxylic acids is 1. The molecule has 0 N–H and O–H groups in total. The van der Waals surface area contributed by atoms with Crippen molar-refractivity contribution in [1.82, 2.24) is 4.90 Å². The van der Waals surface area contributed by atoms with Crippen molar-refractivity contribution in [3.63, 3.8) is 0 Å². The zero-order valence-corrected chi connectivity index (χ0v) is 19.3. The van der Waals surface area contributed by atoms with E-state index < -0.39 is 0 Å². The van der Waals surface area contributed by atoms with Crippen LogP contribution in [0.15, 0.2) is 42.0 Å². The van der Waals surface area contributed by atoms with E-state index in [4.69, 9.17) is 14.2 Å². The number of Topliss-reactive ketones (excluding diaryl/α,β-unsaturated/α-hetero) is 1. The van der Waals surface area contributed by atoms with Crippen molar-refractivity contribution in [2.24, 2.45) is 0 Å². The van der Waals surface area contributed by atoms with Gasteiger partial charge in [0.25, 0.3) is 0 Å². The first-order valence-corrected chi connectivity index (χ1v) is 12.2. The molecule has 0 unspecified atom stereocenters. The van der Waals surface area contributed by atoms with Crippen LogP contribution in [-0.4, -0.2) is 63.4 Å². The van der Waals surface area contributed by atoms with Gasteiger partial charge >= 0.3 is 0 Å². The van der Waals surface area contributed by atoms with Crippen molar-refractivity contribution in [1.29, 1.82) is 5.26 Å². The number of ketones is 1. The molecule has 34 heavy (non-hydrogen) atoms. The molecule has 2 aromatic carbocycles. The van der Waals surface area contributed by atoms with Crippen LogP contribution in [0.2, 0.25) is 0 Å². The number of benzene rings is 2. The van der Waals surface area contributed by atoms with Crippen LogP contribution in [0.5, 0.6) is 5.75 Å². The molecule has 0 amide bonds. The van der Waals surface area contributed by atoms with Crippen molar-refractivity contribution < 1.29 is 19.0 Å². The van der Waals surface area contributed by atoms with Gasteiger partial charge in [0, 0.05) is 49.4 Å². The molecular weight excluding hydrogens is 428 g/mol. The van der Waals surface area contributed by atoms with Crippen molar-refractivity contribution in [2.75, 3.05) is 52.7 Å². The monoisotopic (exact) mass is 456 g/mol. The van der Waals surface area contributed by atoms with E-state index in [-0.39, 0.29) is 11.2 Å². The number of hydrogen-bond donors (Lipinski definition) is 0. The molecule has 6 heteroatoms. The highest BCUT2D eigenvalue weighted by atomic mass is 16.5. The number of allylic oxidation sites excluding steroid dienone is 2. The Morgan fingerprint density at radius 1 is 1.00 bits per heavy atom. The largest absolute Gasteiger partial charge is 0.492 e. The van der Waals surface area contributed by atoms with E-state index in [1.165, 1.54) is 5.57 Å². The third-order valence-corrected chi connectivity index (χ3v) is 7.85. The van der Waals surface area contributed by atoms with Crippen molar-refractivity contribution in [3.8, 4) is 11.8 Å². The Labute approximate surface area is 199 Å². The molecule has 0 aromatic heterocycles. The van der Waals surface area contributed by atoms with E-state index in [2.05, 4.69) is 17.0 Å². The summed E-state index contributed by atoms with van der Waals surface area (Å²) in [5.41, 5.74) is 6.38. The lowest BCUT2D eigenvalue weighted by atomic mass is 9.62. The molecule has 2 aromatic rings. The average Bonchev–Trinajstić information content (AvgIpc) is 3.28. The Morgan fingerprint density at radius 3 is 2.56 bits per heavy atom. The van der Waals surface area contributed by atoms with Crippen LogP contribution < -0.4 is 4.74 Å². The lowest BCUT2D eigenvalue weighted by Crippen LogP contribution is -2.40. The predicted molar refractivity (Wildman–Crippen MR) is 127 cm³/mol. The summed E-state index contributed by atoms with van der Waals surface area (Å²) >= 11 is 0. The standard InChI is InChI=1S/C28H28N2O4/c29-18-19-1-3-22-20(15-19)16-25-26(22)27(31)23-4-2-21(34-14-9-30-7-12-33-13-8-30)17-24(23)28(25)5-10-32-11-6-28/h1-4,15,17H,5-14,16H2. The van der Waals surface area contributed by atoms with Crippen LogP contribution in [0, 0.1) is 11.3 Å². The van der Waals surface area contributed by atoms with Gasteiger partial charge in [-0.15, -0.1) is 0 Å². The Hall–Kier alpha value is -2.98. The van der Waals surface area contributed by atoms with Crippen LogP contribution in [0.25, 0.3) is 5.57 Å². The van der Waals surface area contributed by atoms with Crippen molar-refractivity contribution in [2.45, 2.75) is 24.7 Å². The third-order valence-electron chi connectivity index (χ3n) is 7.85. The molecule has 0 radical (unpaired) electrons. The number of ether oxygens (including phenoxy) is 3. The summed E-state index contributed by atoms with van der Waals surface area (Å²) in [6, 6.07) is 13.9. The van der Waals surface area contributed by atoms with Gasteiger partial charge in [-0.3, -0.25) is 9.69 Å². The number of rotatable bonds is 4. The van der Waals surface area contributed by atoms with Gasteiger partial charge in [-0.05, 0) is 71.9 Å². The quantitative estimate of drug-likeness (QED) is 0.701. The molecule has 2 aliphatic carbocycles. The summed E-state index contributed by atoms with van der Waals surface area (Å²) in [4.78, 5) is 16.1. The van der Waals surface area contributed by atoms with E-state index in [0.29, 0.717) is 31.8 Å². The maximum atomic E-state index is 13.8. The van der Waals surface area contributed by atoms with Gasteiger partial charge in [-0.1, -0.05) is 6.07 Å². The van der Waals surface area contributed by atoms with E-state index in [0.717, 1.165) is 79.3 Å². The average molecular weight is 457 g/mol. The topological polar surface area (TPSA) is 71.8 Å². The Balaban J connectivity index is 1.34. The Bertz CT molecular complexity index is 1210. The van der Waals surface area contributed by atoms with Gasteiger partial charge in [0.2, 0.25) is 0 Å². The number of fused-ring (bicyclic) bond motifs is 5. The van der Waals surface area contributed by atoms with E-state index in [1.54, 1.807) is 0 Å². The molecule has 0 atom stereocenters. The van der Waals surface area contributed by atoms with E-state index in [9.17, 15) is 10.1 Å². The molecule has 2 heterocycles. The first-order chi connectivity index (χ1) is 16.7. The molecule has 174 valence electrons. The summed E-state index contributed by atoms with van der Waals surface area (Å²) < 4.78 is 17.4. The second-order valence-electron chi connectivity index (χ2n) is 9.55. The van der Waals surface area contributed by atoms with Crippen LogP contribution in [-0.2, 0) is 21.3 Å². The zero-order valence-electron chi connectivity index (χ0n) is 19.3. The fraction of sp³-hybridized carbons (Fsp3) is 0.429. The predicted octanol–water partition coefficient (Wildman–Crippen LogP) is 3.52. The zero-order chi connectivity index (χ0) is 23.1. The van der Waals surface area contributed by atoms with Crippen LogP contribution in [0.1, 0.15) is 45.5 Å². The molecule has 4 aliphatic rings. The number of nitriles is 1. The van der Waals surface area contributed by atoms with Gasteiger partial charge in [0.1, 0.15) is 12.4 Å². The van der Waals surface area contributed by atoms with Gasteiger partial charge in [-0.25, -0.2) is 0 Å². The summed E-state index contributed by atoms with van der Waals surface area (Å²) in [7, 11) is 0. The lowest BCUT2D eigenvalue weighted by Gasteiger charge is -2.43. The fourth-order valence-corrected chi connectivity index (χ4v) is 6.08. The van der Waals surface area contributed by atoms with Crippen LogP contribution in [0.4, 0.5) is 0 Å². The molecule has 6 nitrogen and oxygen atoms in total. The van der Waals surface area contributed by atoms with Crippen LogP contribution >= 0.6 is 0 Å². The number of hydrogen-bond acceptors (Lipinski definition) is 6. The van der Waals surface area contributed by atoms with Crippen molar-refractivity contribution >= 4 is 11.4 Å². The van der Waals surface area contributed by atoms with E-state index >= 15 is 0 Å². The molecule has 2 aliphatic heterocycles. The summed E-state index contributed by atoms with van der Waals surface area (Å²) in [5.74, 6) is 0.905. The second-order valence-corrected chi connectivity index (χ2v) is 9.55. The fourth-order valence-electron chi connectivity index (χ4n) is 6.08. The Kier molecular flexibility index (Phi) is 5.49. The maximum Gasteiger partial charge on any atom is 0.193 e. The molecule has 1 spiro atoms.